The number of carbonyl (C=O) groups excluding carboxylic acids is 2. The Morgan fingerprint density at radius 3 is 2.73 bits per heavy atom. The molecule has 2 aliphatic rings. The molecular formula is C22H16BrN3O4. The maximum atomic E-state index is 13.3. The van der Waals surface area contributed by atoms with Crippen LogP contribution in [0.4, 0.5) is 0 Å². The van der Waals surface area contributed by atoms with Crippen LogP contribution in [0.2, 0.25) is 0 Å². The van der Waals surface area contributed by atoms with E-state index in [0.717, 1.165) is 5.56 Å². The minimum Gasteiger partial charge on any atom is -0.457 e. The summed E-state index contributed by atoms with van der Waals surface area (Å²) in [5, 5.41) is 12.5. The molecule has 1 spiro atoms. The van der Waals surface area contributed by atoms with Gasteiger partial charge < -0.3 is 20.5 Å². The van der Waals surface area contributed by atoms with Crippen molar-refractivity contribution in [3.05, 3.63) is 86.9 Å². The SMILES string of the molecule is CC1=C(C(=O)OCc2ccccc2)[C@@]2(C(=O)N1)C(C#N)=C(N)Oc1ccc(Br)cc12. The Morgan fingerprint density at radius 1 is 1.30 bits per heavy atom. The van der Waals surface area contributed by atoms with Crippen LogP contribution in [0.25, 0.3) is 0 Å². The first kappa shape index (κ1) is 19.7. The van der Waals surface area contributed by atoms with Crippen LogP contribution < -0.4 is 15.8 Å². The molecule has 2 heterocycles. The molecule has 0 bridgehead atoms. The summed E-state index contributed by atoms with van der Waals surface area (Å²) in [5.74, 6) is -1.23. The number of hydrogen-bond donors (Lipinski definition) is 2. The summed E-state index contributed by atoms with van der Waals surface area (Å²) in [5.41, 5.74) is 5.53. The Kier molecular flexibility index (Phi) is 4.84. The third kappa shape index (κ3) is 2.86. The van der Waals surface area contributed by atoms with Gasteiger partial charge in [-0.15, -0.1) is 0 Å². The van der Waals surface area contributed by atoms with Gasteiger partial charge >= 0.3 is 5.97 Å². The lowest BCUT2D eigenvalue weighted by molar-refractivity contribution is -0.141. The van der Waals surface area contributed by atoms with E-state index in [1.165, 1.54) is 0 Å². The van der Waals surface area contributed by atoms with Crippen molar-refractivity contribution in [2.24, 2.45) is 5.73 Å². The molecule has 8 heteroatoms. The fourth-order valence-corrected chi connectivity index (χ4v) is 4.19. The van der Waals surface area contributed by atoms with E-state index in [1.807, 2.05) is 36.4 Å². The molecular weight excluding hydrogens is 450 g/mol. The van der Waals surface area contributed by atoms with Gasteiger partial charge in [0, 0.05) is 15.7 Å². The Bertz CT molecular complexity index is 1180. The lowest BCUT2D eigenvalue weighted by Gasteiger charge is -2.34. The van der Waals surface area contributed by atoms with Crippen LogP contribution in [0.15, 0.2) is 75.7 Å². The van der Waals surface area contributed by atoms with Crippen LogP contribution in [-0.2, 0) is 26.3 Å². The highest BCUT2D eigenvalue weighted by atomic mass is 79.9. The molecule has 7 nitrogen and oxygen atoms in total. The molecule has 30 heavy (non-hydrogen) atoms. The second-order valence-corrected chi connectivity index (χ2v) is 7.78. The minimum atomic E-state index is -1.76. The molecule has 0 saturated carbocycles. The summed E-state index contributed by atoms with van der Waals surface area (Å²) in [7, 11) is 0. The molecule has 1 amide bonds. The van der Waals surface area contributed by atoms with Crippen LogP contribution in [0.5, 0.6) is 5.75 Å². The predicted molar refractivity (Wildman–Crippen MR) is 110 cm³/mol. The summed E-state index contributed by atoms with van der Waals surface area (Å²) < 4.78 is 11.7. The average Bonchev–Trinajstić information content (AvgIpc) is 2.98. The maximum Gasteiger partial charge on any atom is 0.337 e. The number of nitrogens with one attached hydrogen (secondary N) is 1. The second-order valence-electron chi connectivity index (χ2n) is 6.86. The first-order valence-corrected chi connectivity index (χ1v) is 9.81. The van der Waals surface area contributed by atoms with Gasteiger partial charge in [0.25, 0.3) is 0 Å². The summed E-state index contributed by atoms with van der Waals surface area (Å²) in [6, 6.07) is 16.1. The zero-order chi connectivity index (χ0) is 21.5. The third-order valence-electron chi connectivity index (χ3n) is 5.11. The van der Waals surface area contributed by atoms with Crippen LogP contribution in [-0.4, -0.2) is 11.9 Å². The second kappa shape index (κ2) is 7.35. The number of fused-ring (bicyclic) bond motifs is 2. The topological polar surface area (TPSA) is 114 Å². The zero-order valence-electron chi connectivity index (χ0n) is 15.9. The number of nitriles is 1. The number of halogens is 1. The lowest BCUT2D eigenvalue weighted by atomic mass is 9.68. The number of amides is 1. The lowest BCUT2D eigenvalue weighted by Crippen LogP contribution is -2.46. The van der Waals surface area contributed by atoms with Gasteiger partial charge in [-0.2, -0.15) is 5.26 Å². The average molecular weight is 466 g/mol. The van der Waals surface area contributed by atoms with E-state index in [-0.39, 0.29) is 29.4 Å². The molecule has 0 radical (unpaired) electrons. The van der Waals surface area contributed by atoms with E-state index in [1.54, 1.807) is 25.1 Å². The van der Waals surface area contributed by atoms with Gasteiger partial charge in [-0.05, 0) is 30.7 Å². The number of hydrogen-bond acceptors (Lipinski definition) is 6. The van der Waals surface area contributed by atoms with Crippen LogP contribution in [0.1, 0.15) is 18.1 Å². The van der Waals surface area contributed by atoms with E-state index in [2.05, 4.69) is 21.2 Å². The van der Waals surface area contributed by atoms with E-state index in [4.69, 9.17) is 15.2 Å². The van der Waals surface area contributed by atoms with Crippen molar-refractivity contribution in [3.8, 4) is 11.8 Å². The van der Waals surface area contributed by atoms with Crippen molar-refractivity contribution >= 4 is 27.8 Å². The maximum absolute atomic E-state index is 13.3. The Hall–Kier alpha value is -3.57. The summed E-state index contributed by atoms with van der Waals surface area (Å²) in [6.45, 7) is 1.60. The molecule has 2 aromatic rings. The largest absolute Gasteiger partial charge is 0.457 e. The first-order valence-electron chi connectivity index (χ1n) is 9.01. The number of nitrogens with two attached hydrogens (primary N) is 1. The highest BCUT2D eigenvalue weighted by Crippen LogP contribution is 2.51. The Balaban J connectivity index is 1.86. The van der Waals surface area contributed by atoms with E-state index < -0.39 is 17.3 Å². The van der Waals surface area contributed by atoms with Crippen molar-refractivity contribution in [2.45, 2.75) is 18.9 Å². The van der Waals surface area contributed by atoms with Gasteiger partial charge in [-0.25, -0.2) is 4.79 Å². The van der Waals surface area contributed by atoms with Gasteiger partial charge in [0.1, 0.15) is 24.0 Å². The normalized spacial score (nSPS) is 19.8. The summed E-state index contributed by atoms with van der Waals surface area (Å²) in [4.78, 5) is 26.5. The molecule has 0 aliphatic carbocycles. The molecule has 1 atom stereocenters. The molecule has 2 aromatic carbocycles. The molecule has 3 N–H and O–H groups in total. The molecule has 0 saturated heterocycles. The van der Waals surface area contributed by atoms with Crippen molar-refractivity contribution < 1.29 is 19.1 Å². The number of carbonyl (C=O) groups is 2. The minimum absolute atomic E-state index is 0.0175. The number of benzene rings is 2. The molecule has 0 unspecified atom stereocenters. The molecule has 4 rings (SSSR count). The first-order chi connectivity index (χ1) is 14.4. The van der Waals surface area contributed by atoms with E-state index in [0.29, 0.717) is 15.7 Å². The van der Waals surface area contributed by atoms with Gasteiger partial charge in [-0.1, -0.05) is 46.3 Å². The fourth-order valence-electron chi connectivity index (χ4n) is 3.83. The summed E-state index contributed by atoms with van der Waals surface area (Å²) >= 11 is 3.38. The summed E-state index contributed by atoms with van der Waals surface area (Å²) in [6.07, 6.45) is 0. The monoisotopic (exact) mass is 465 g/mol. The molecule has 0 aromatic heterocycles. The Labute approximate surface area is 180 Å². The molecule has 2 aliphatic heterocycles. The van der Waals surface area contributed by atoms with Gasteiger partial charge in [0.2, 0.25) is 11.8 Å². The number of nitrogens with zero attached hydrogens (tertiary/aromatic N) is 1. The molecule has 150 valence electrons. The number of rotatable bonds is 3. The van der Waals surface area contributed by atoms with Crippen molar-refractivity contribution in [3.63, 3.8) is 0 Å². The van der Waals surface area contributed by atoms with Gasteiger partial charge in [0.15, 0.2) is 5.41 Å². The third-order valence-corrected chi connectivity index (χ3v) is 5.60. The van der Waals surface area contributed by atoms with Gasteiger partial charge in [-0.3, -0.25) is 4.79 Å². The number of ether oxygens (including phenoxy) is 2. The molecule has 0 fully saturated rings. The van der Waals surface area contributed by atoms with Crippen LogP contribution in [0.3, 0.4) is 0 Å². The van der Waals surface area contributed by atoms with Crippen molar-refractivity contribution in [1.29, 1.82) is 5.26 Å². The van der Waals surface area contributed by atoms with Crippen LogP contribution in [0, 0.1) is 11.3 Å². The smallest absolute Gasteiger partial charge is 0.337 e. The standard InChI is InChI=1S/C22H16BrN3O4/c1-12-18(20(27)29-11-13-5-3-2-4-6-13)22(21(28)26-12)15-9-14(23)7-8-17(15)30-19(25)16(22)10-24/h2-9H,11,25H2,1H3,(H,26,28)/t22-/m0/s1. The van der Waals surface area contributed by atoms with E-state index >= 15 is 0 Å². The highest BCUT2D eigenvalue weighted by molar-refractivity contribution is 9.10. The number of esters is 1. The van der Waals surface area contributed by atoms with Crippen molar-refractivity contribution in [1.82, 2.24) is 5.32 Å². The fraction of sp³-hybridized carbons (Fsp3) is 0.136. The Morgan fingerprint density at radius 2 is 2.03 bits per heavy atom. The highest BCUT2D eigenvalue weighted by Gasteiger charge is 2.59. The van der Waals surface area contributed by atoms with Gasteiger partial charge in [0.05, 0.1) is 5.57 Å². The van der Waals surface area contributed by atoms with E-state index in [9.17, 15) is 14.9 Å². The van der Waals surface area contributed by atoms with Crippen molar-refractivity contribution in [2.75, 3.05) is 0 Å². The van der Waals surface area contributed by atoms with Crippen LogP contribution >= 0.6 is 15.9 Å². The quantitative estimate of drug-likeness (QED) is 0.673. The zero-order valence-corrected chi connectivity index (χ0v) is 17.4. The number of allylic oxidation sites excluding steroid dienone is 1. The predicted octanol–water partition coefficient (Wildman–Crippen LogP) is 2.92.